The van der Waals surface area contributed by atoms with Gasteiger partial charge in [0.15, 0.2) is 0 Å². The summed E-state index contributed by atoms with van der Waals surface area (Å²) in [6.07, 6.45) is 2.81. The third-order valence-corrected chi connectivity index (χ3v) is 4.59. The Kier molecular flexibility index (Phi) is 3.74. The molecule has 0 N–H and O–H groups in total. The van der Waals surface area contributed by atoms with E-state index >= 15 is 0 Å². The van der Waals surface area contributed by atoms with Gasteiger partial charge < -0.3 is 4.90 Å². The summed E-state index contributed by atoms with van der Waals surface area (Å²) < 4.78 is 1.24. The molecule has 1 aliphatic rings. The van der Waals surface area contributed by atoms with E-state index in [0.29, 0.717) is 4.75 Å². The molecule has 1 saturated heterocycles. The first kappa shape index (κ1) is 12.2. The summed E-state index contributed by atoms with van der Waals surface area (Å²) in [7, 11) is 0. The summed E-state index contributed by atoms with van der Waals surface area (Å²) in [5, 5.41) is 0. The molecule has 16 heavy (non-hydrogen) atoms. The molecule has 0 bridgehead atoms. The van der Waals surface area contributed by atoms with E-state index in [9.17, 15) is 0 Å². The Balaban J connectivity index is 2.11. The van der Waals surface area contributed by atoms with Crippen LogP contribution in [0.5, 0.6) is 0 Å². The van der Waals surface area contributed by atoms with Crippen molar-refractivity contribution >= 4 is 33.5 Å². The second-order valence-electron chi connectivity index (χ2n) is 4.54. The van der Waals surface area contributed by atoms with Gasteiger partial charge in [-0.3, -0.25) is 0 Å². The first-order valence-electron chi connectivity index (χ1n) is 5.43. The van der Waals surface area contributed by atoms with Crippen molar-refractivity contribution in [3.8, 4) is 0 Å². The first-order chi connectivity index (χ1) is 7.57. The Labute approximate surface area is 109 Å². The van der Waals surface area contributed by atoms with Crippen molar-refractivity contribution in [3.63, 3.8) is 0 Å². The number of thioether (sulfide) groups is 1. The molecule has 1 aromatic heterocycles. The van der Waals surface area contributed by atoms with E-state index in [1.54, 1.807) is 6.33 Å². The van der Waals surface area contributed by atoms with Crippen LogP contribution in [0.2, 0.25) is 0 Å². The zero-order valence-electron chi connectivity index (χ0n) is 9.61. The van der Waals surface area contributed by atoms with E-state index in [4.69, 9.17) is 0 Å². The van der Waals surface area contributed by atoms with Crippen LogP contribution >= 0.6 is 27.7 Å². The van der Waals surface area contributed by atoms with Crippen LogP contribution in [0.3, 0.4) is 0 Å². The van der Waals surface area contributed by atoms with Crippen molar-refractivity contribution in [2.75, 3.05) is 23.7 Å². The van der Waals surface area contributed by atoms with Crippen LogP contribution in [0.4, 0.5) is 5.82 Å². The lowest BCUT2D eigenvalue weighted by molar-refractivity contribution is 0.634. The van der Waals surface area contributed by atoms with E-state index in [0.717, 1.165) is 29.3 Å². The number of aromatic nitrogens is 2. The number of hydrogen-bond acceptors (Lipinski definition) is 4. The van der Waals surface area contributed by atoms with Gasteiger partial charge in [0.2, 0.25) is 0 Å². The van der Waals surface area contributed by atoms with Crippen molar-refractivity contribution in [1.82, 2.24) is 9.97 Å². The normalized spacial score (nSPS) is 20.6. The Hall–Kier alpha value is -0.290. The standard InChI is InChI=1S/C11H16BrN3S/c1-11(2)3-4-15(5-6-16-11)10-7-9(12)13-8-14-10/h7-8H,3-6H2,1-2H3. The first-order valence-corrected chi connectivity index (χ1v) is 7.21. The Morgan fingerprint density at radius 3 is 2.94 bits per heavy atom. The third kappa shape index (κ3) is 3.10. The Morgan fingerprint density at radius 2 is 2.19 bits per heavy atom. The number of anilines is 1. The smallest absolute Gasteiger partial charge is 0.133 e. The molecule has 2 heterocycles. The van der Waals surface area contributed by atoms with Crippen molar-refractivity contribution in [3.05, 3.63) is 17.0 Å². The molecule has 1 aromatic rings. The molecule has 1 fully saturated rings. The summed E-state index contributed by atoms with van der Waals surface area (Å²) in [6.45, 7) is 6.77. The van der Waals surface area contributed by atoms with Crippen LogP contribution in [-0.2, 0) is 0 Å². The zero-order valence-corrected chi connectivity index (χ0v) is 12.0. The molecule has 5 heteroatoms. The number of halogens is 1. The Bertz CT molecular complexity index is 370. The molecule has 0 amide bonds. The van der Waals surface area contributed by atoms with Gasteiger partial charge in [-0.25, -0.2) is 9.97 Å². The summed E-state index contributed by atoms with van der Waals surface area (Å²) in [6, 6.07) is 1.99. The molecule has 0 unspecified atom stereocenters. The largest absolute Gasteiger partial charge is 0.356 e. The average Bonchev–Trinajstić information content (AvgIpc) is 2.39. The van der Waals surface area contributed by atoms with E-state index < -0.39 is 0 Å². The van der Waals surface area contributed by atoms with E-state index in [2.05, 4.69) is 44.6 Å². The molecule has 0 radical (unpaired) electrons. The highest BCUT2D eigenvalue weighted by Crippen LogP contribution is 2.31. The van der Waals surface area contributed by atoms with Crippen molar-refractivity contribution in [2.24, 2.45) is 0 Å². The molecule has 0 aromatic carbocycles. The second-order valence-corrected chi connectivity index (χ2v) is 7.16. The molecule has 1 aliphatic heterocycles. The molecular weight excluding hydrogens is 286 g/mol. The van der Waals surface area contributed by atoms with Crippen molar-refractivity contribution < 1.29 is 0 Å². The van der Waals surface area contributed by atoms with Crippen LogP contribution in [-0.4, -0.2) is 33.6 Å². The highest BCUT2D eigenvalue weighted by atomic mass is 79.9. The van der Waals surface area contributed by atoms with E-state index in [1.807, 2.05) is 17.8 Å². The minimum absolute atomic E-state index is 0.388. The fourth-order valence-corrected chi connectivity index (χ4v) is 3.14. The van der Waals surface area contributed by atoms with Crippen LogP contribution in [0.1, 0.15) is 20.3 Å². The van der Waals surface area contributed by atoms with Crippen LogP contribution in [0.25, 0.3) is 0 Å². The van der Waals surface area contributed by atoms with Crippen molar-refractivity contribution in [1.29, 1.82) is 0 Å². The number of rotatable bonds is 1. The van der Waals surface area contributed by atoms with Gasteiger partial charge in [0.1, 0.15) is 16.7 Å². The molecule has 0 atom stereocenters. The SMILES string of the molecule is CC1(C)CCN(c2cc(Br)ncn2)CCS1. The fraction of sp³-hybridized carbons (Fsp3) is 0.636. The van der Waals surface area contributed by atoms with Gasteiger partial charge in [0, 0.05) is 29.7 Å². The summed E-state index contributed by atoms with van der Waals surface area (Å²) >= 11 is 5.43. The van der Waals surface area contributed by atoms with Gasteiger partial charge in [-0.15, -0.1) is 0 Å². The molecule has 0 saturated carbocycles. The maximum absolute atomic E-state index is 4.33. The monoisotopic (exact) mass is 301 g/mol. The van der Waals surface area contributed by atoms with Gasteiger partial charge in [0.25, 0.3) is 0 Å². The second kappa shape index (κ2) is 4.92. The highest BCUT2D eigenvalue weighted by molar-refractivity contribution is 9.10. The van der Waals surface area contributed by atoms with Gasteiger partial charge in [-0.2, -0.15) is 11.8 Å². The molecule has 0 spiro atoms. The van der Waals surface area contributed by atoms with E-state index in [1.165, 1.54) is 6.42 Å². The zero-order chi connectivity index (χ0) is 11.6. The molecule has 88 valence electrons. The summed E-state index contributed by atoms with van der Waals surface area (Å²) in [4.78, 5) is 10.7. The van der Waals surface area contributed by atoms with Crippen LogP contribution < -0.4 is 4.90 Å². The lowest BCUT2D eigenvalue weighted by Gasteiger charge is -2.23. The quantitative estimate of drug-likeness (QED) is 0.746. The van der Waals surface area contributed by atoms with Gasteiger partial charge in [-0.1, -0.05) is 13.8 Å². The fourth-order valence-electron chi connectivity index (χ4n) is 1.75. The summed E-state index contributed by atoms with van der Waals surface area (Å²) in [5.74, 6) is 2.19. The van der Waals surface area contributed by atoms with E-state index in [-0.39, 0.29) is 0 Å². The third-order valence-electron chi connectivity index (χ3n) is 2.78. The minimum Gasteiger partial charge on any atom is -0.356 e. The number of nitrogens with zero attached hydrogens (tertiary/aromatic N) is 3. The van der Waals surface area contributed by atoms with Crippen LogP contribution in [0.15, 0.2) is 17.0 Å². The highest BCUT2D eigenvalue weighted by Gasteiger charge is 2.24. The predicted molar refractivity (Wildman–Crippen MR) is 73.1 cm³/mol. The van der Waals surface area contributed by atoms with Gasteiger partial charge in [0.05, 0.1) is 0 Å². The lowest BCUT2D eigenvalue weighted by atomic mass is 10.1. The topological polar surface area (TPSA) is 29.0 Å². The maximum atomic E-state index is 4.33. The van der Waals surface area contributed by atoms with Crippen LogP contribution in [0, 0.1) is 0 Å². The van der Waals surface area contributed by atoms with Crippen molar-refractivity contribution in [2.45, 2.75) is 25.0 Å². The number of hydrogen-bond donors (Lipinski definition) is 0. The molecule has 3 nitrogen and oxygen atoms in total. The predicted octanol–water partition coefficient (Wildman–Crippen LogP) is 2.96. The van der Waals surface area contributed by atoms with Gasteiger partial charge >= 0.3 is 0 Å². The average molecular weight is 302 g/mol. The lowest BCUT2D eigenvalue weighted by Crippen LogP contribution is -2.27. The Morgan fingerprint density at radius 1 is 1.38 bits per heavy atom. The molecule has 2 rings (SSSR count). The minimum atomic E-state index is 0.388. The maximum Gasteiger partial charge on any atom is 0.133 e. The molecular formula is C11H16BrN3S. The van der Waals surface area contributed by atoms with Gasteiger partial charge in [-0.05, 0) is 22.4 Å². The molecule has 0 aliphatic carbocycles. The summed E-state index contributed by atoms with van der Waals surface area (Å²) in [5.41, 5.74) is 0.